The third-order valence-electron chi connectivity index (χ3n) is 4.62. The topological polar surface area (TPSA) is 12.9 Å². The van der Waals surface area contributed by atoms with E-state index < -0.39 is 11.6 Å². The van der Waals surface area contributed by atoms with Gasteiger partial charge in [-0.3, -0.25) is 4.98 Å². The molecule has 2 bridgehead atoms. The summed E-state index contributed by atoms with van der Waals surface area (Å²) in [6, 6.07) is 2.30. The maximum Gasteiger partial charge on any atom is 0.161 e. The fourth-order valence-electron chi connectivity index (χ4n) is 3.79. The fourth-order valence-corrected chi connectivity index (χ4v) is 4.12. The van der Waals surface area contributed by atoms with Crippen LogP contribution in [0.15, 0.2) is 23.8 Å². The quantitative estimate of drug-likeness (QED) is 0.612. The molecule has 4 rings (SSSR count). The lowest BCUT2D eigenvalue weighted by molar-refractivity contribution is 0.403. The van der Waals surface area contributed by atoms with Crippen molar-refractivity contribution in [2.45, 2.75) is 32.1 Å². The average Bonchev–Trinajstić information content (AvgIpc) is 2.43. The van der Waals surface area contributed by atoms with E-state index >= 15 is 0 Å². The molecule has 0 aliphatic heterocycles. The van der Waals surface area contributed by atoms with Crippen LogP contribution in [0.4, 0.5) is 8.78 Å². The van der Waals surface area contributed by atoms with E-state index in [0.29, 0.717) is 21.8 Å². The summed E-state index contributed by atoms with van der Waals surface area (Å²) < 4.78 is 26.9. The Morgan fingerprint density at radius 1 is 1.19 bits per heavy atom. The second kappa shape index (κ2) is 4.51. The Kier molecular flexibility index (Phi) is 2.83. The van der Waals surface area contributed by atoms with E-state index in [0.717, 1.165) is 42.7 Å². The van der Waals surface area contributed by atoms with Crippen molar-refractivity contribution in [1.82, 2.24) is 4.98 Å². The molecule has 108 valence electrons. The second-order valence-electron chi connectivity index (χ2n) is 6.20. The van der Waals surface area contributed by atoms with Crippen LogP contribution in [0.2, 0.25) is 5.02 Å². The van der Waals surface area contributed by atoms with Crippen LogP contribution in [0.25, 0.3) is 10.9 Å². The Labute approximate surface area is 126 Å². The standard InChI is InChI=1S/C17H14ClF2N/c1-8-2-9-4-10(3-8)17-12(5-9)16(18)11-6-13(19)14(20)7-15(11)21-17/h3,6-7,9-10H,2,4-5H2,1H3. The molecule has 1 nitrogen and oxygen atoms in total. The smallest absolute Gasteiger partial charge is 0.161 e. The normalized spacial score (nSPS) is 23.9. The molecule has 1 aromatic heterocycles. The number of rotatable bonds is 0. The van der Waals surface area contributed by atoms with Gasteiger partial charge in [-0.2, -0.15) is 0 Å². The van der Waals surface area contributed by atoms with Gasteiger partial charge in [0, 0.05) is 17.4 Å². The van der Waals surface area contributed by atoms with E-state index in [4.69, 9.17) is 11.6 Å². The van der Waals surface area contributed by atoms with Crippen molar-refractivity contribution in [1.29, 1.82) is 0 Å². The Morgan fingerprint density at radius 3 is 2.76 bits per heavy atom. The molecule has 1 aromatic carbocycles. The monoisotopic (exact) mass is 305 g/mol. The molecule has 0 radical (unpaired) electrons. The zero-order valence-corrected chi connectivity index (χ0v) is 12.3. The van der Waals surface area contributed by atoms with Crippen molar-refractivity contribution in [2.24, 2.45) is 5.92 Å². The zero-order chi connectivity index (χ0) is 14.7. The predicted molar refractivity (Wildman–Crippen MR) is 79.6 cm³/mol. The van der Waals surface area contributed by atoms with Gasteiger partial charge in [0.25, 0.3) is 0 Å². The first-order valence-corrected chi connectivity index (χ1v) is 7.55. The number of allylic oxidation sites excluding steroid dienone is 2. The van der Waals surface area contributed by atoms with Crippen LogP contribution < -0.4 is 0 Å². The molecule has 2 aromatic rings. The average molecular weight is 306 g/mol. The molecular formula is C17H14ClF2N. The van der Waals surface area contributed by atoms with Crippen LogP contribution in [-0.4, -0.2) is 4.98 Å². The lowest BCUT2D eigenvalue weighted by atomic mass is 9.72. The molecule has 2 unspecified atom stereocenters. The number of hydrogen-bond acceptors (Lipinski definition) is 1. The van der Waals surface area contributed by atoms with E-state index in [1.807, 2.05) is 0 Å². The molecule has 0 amide bonds. The molecule has 0 fully saturated rings. The van der Waals surface area contributed by atoms with E-state index in [9.17, 15) is 8.78 Å². The highest BCUT2D eigenvalue weighted by molar-refractivity contribution is 6.36. The first-order chi connectivity index (χ1) is 10.0. The highest BCUT2D eigenvalue weighted by atomic mass is 35.5. The minimum atomic E-state index is -0.880. The van der Waals surface area contributed by atoms with Crippen molar-refractivity contribution in [3.8, 4) is 0 Å². The molecule has 4 heteroatoms. The van der Waals surface area contributed by atoms with E-state index in [-0.39, 0.29) is 5.92 Å². The Hall–Kier alpha value is -1.48. The molecule has 2 aliphatic rings. The number of fused-ring (bicyclic) bond motifs is 5. The molecule has 0 N–H and O–H groups in total. The fraction of sp³-hybridized carbons (Fsp3) is 0.353. The lowest BCUT2D eigenvalue weighted by Crippen LogP contribution is -2.23. The number of pyridine rings is 1. The molecule has 1 heterocycles. The summed E-state index contributed by atoms with van der Waals surface area (Å²) in [6.07, 6.45) is 5.27. The van der Waals surface area contributed by atoms with Crippen molar-refractivity contribution < 1.29 is 8.78 Å². The number of halogens is 3. The second-order valence-corrected chi connectivity index (χ2v) is 6.58. The van der Waals surface area contributed by atoms with Crippen LogP contribution in [0, 0.1) is 17.6 Å². The number of benzene rings is 1. The minimum Gasteiger partial charge on any atom is -0.252 e. The van der Waals surface area contributed by atoms with Gasteiger partial charge in [-0.1, -0.05) is 23.3 Å². The van der Waals surface area contributed by atoms with Gasteiger partial charge in [0.15, 0.2) is 11.6 Å². The summed E-state index contributed by atoms with van der Waals surface area (Å²) in [7, 11) is 0. The van der Waals surface area contributed by atoms with Gasteiger partial charge in [0.05, 0.1) is 16.2 Å². The molecule has 21 heavy (non-hydrogen) atoms. The van der Waals surface area contributed by atoms with Crippen LogP contribution >= 0.6 is 11.6 Å². The largest absolute Gasteiger partial charge is 0.252 e. The van der Waals surface area contributed by atoms with Gasteiger partial charge in [-0.05, 0) is 43.7 Å². The maximum atomic E-state index is 13.5. The Balaban J connectivity index is 2.01. The van der Waals surface area contributed by atoms with E-state index in [2.05, 4.69) is 18.0 Å². The first kappa shape index (κ1) is 13.2. The number of aromatic nitrogens is 1. The highest BCUT2D eigenvalue weighted by Crippen LogP contribution is 2.45. The highest BCUT2D eigenvalue weighted by Gasteiger charge is 2.32. The van der Waals surface area contributed by atoms with Crippen LogP contribution in [0.5, 0.6) is 0 Å². The SMILES string of the molecule is CC1=CC2CC(C1)Cc1c2nc2cc(F)c(F)cc2c1Cl. The first-order valence-electron chi connectivity index (χ1n) is 7.17. The molecule has 0 saturated carbocycles. The molecule has 2 atom stereocenters. The Morgan fingerprint density at radius 2 is 1.95 bits per heavy atom. The van der Waals surface area contributed by atoms with Gasteiger partial charge in [-0.15, -0.1) is 0 Å². The summed E-state index contributed by atoms with van der Waals surface area (Å²) in [4.78, 5) is 4.60. The van der Waals surface area contributed by atoms with Crippen LogP contribution in [0.1, 0.15) is 36.9 Å². The number of hydrogen-bond donors (Lipinski definition) is 0. The molecular weight excluding hydrogens is 292 g/mol. The summed E-state index contributed by atoms with van der Waals surface area (Å²) in [5.74, 6) is -0.926. The van der Waals surface area contributed by atoms with Gasteiger partial charge < -0.3 is 0 Å². The predicted octanol–water partition coefficient (Wildman–Crippen LogP) is 5.16. The van der Waals surface area contributed by atoms with Gasteiger partial charge in [0.2, 0.25) is 0 Å². The van der Waals surface area contributed by atoms with Gasteiger partial charge in [0.1, 0.15) is 0 Å². The Bertz CT molecular complexity index is 797. The van der Waals surface area contributed by atoms with Crippen LogP contribution in [-0.2, 0) is 6.42 Å². The maximum absolute atomic E-state index is 13.5. The molecule has 0 saturated heterocycles. The third kappa shape index (κ3) is 1.98. The van der Waals surface area contributed by atoms with Crippen molar-refractivity contribution in [2.75, 3.05) is 0 Å². The third-order valence-corrected chi connectivity index (χ3v) is 5.05. The minimum absolute atomic E-state index is 0.252. The van der Waals surface area contributed by atoms with Crippen molar-refractivity contribution in [3.05, 3.63) is 51.7 Å². The summed E-state index contributed by atoms with van der Waals surface area (Å²) >= 11 is 6.48. The van der Waals surface area contributed by atoms with Crippen molar-refractivity contribution >= 4 is 22.5 Å². The number of nitrogens with zero attached hydrogens (tertiary/aromatic N) is 1. The summed E-state index contributed by atoms with van der Waals surface area (Å²) in [6.45, 7) is 2.14. The van der Waals surface area contributed by atoms with Crippen LogP contribution in [0.3, 0.4) is 0 Å². The summed E-state index contributed by atoms with van der Waals surface area (Å²) in [5, 5.41) is 1.05. The van der Waals surface area contributed by atoms with E-state index in [1.165, 1.54) is 5.57 Å². The van der Waals surface area contributed by atoms with Gasteiger partial charge >= 0.3 is 0 Å². The van der Waals surface area contributed by atoms with E-state index in [1.54, 1.807) is 0 Å². The molecule has 2 aliphatic carbocycles. The summed E-state index contributed by atoms with van der Waals surface area (Å²) in [5.41, 5.74) is 3.77. The lowest BCUT2D eigenvalue weighted by Gasteiger charge is -2.34. The van der Waals surface area contributed by atoms with Crippen molar-refractivity contribution in [3.63, 3.8) is 0 Å². The zero-order valence-electron chi connectivity index (χ0n) is 11.6. The van der Waals surface area contributed by atoms with Gasteiger partial charge in [-0.25, -0.2) is 8.78 Å². The molecule has 0 spiro atoms.